The molecule has 5 heteroatoms. The summed E-state index contributed by atoms with van der Waals surface area (Å²) in [4.78, 5) is 17.6. The van der Waals surface area contributed by atoms with E-state index in [9.17, 15) is 4.79 Å². The van der Waals surface area contributed by atoms with Crippen LogP contribution >= 0.6 is 0 Å². The van der Waals surface area contributed by atoms with Gasteiger partial charge in [-0.1, -0.05) is 12.1 Å². The number of likely N-dealkylation sites (tertiary alicyclic amines) is 1. The number of piperidine rings is 1. The molecular formula is C11H17N3O2. The Kier molecular flexibility index (Phi) is 3.33. The van der Waals surface area contributed by atoms with Gasteiger partial charge in [-0.05, 0) is 25.9 Å². The minimum absolute atomic E-state index is 0.141. The molecule has 0 spiro atoms. The molecule has 2 rings (SSSR count). The Labute approximate surface area is 94.8 Å². The zero-order valence-corrected chi connectivity index (χ0v) is 9.77. The molecule has 16 heavy (non-hydrogen) atoms. The maximum absolute atomic E-state index is 11.1. The van der Waals surface area contributed by atoms with Crippen LogP contribution in [0.4, 0.5) is 0 Å². The molecule has 88 valence electrons. The van der Waals surface area contributed by atoms with E-state index in [0.717, 1.165) is 32.5 Å². The quantitative estimate of drug-likeness (QED) is 0.726. The van der Waals surface area contributed by atoms with Crippen molar-refractivity contribution < 1.29 is 9.32 Å². The topological polar surface area (TPSA) is 59.2 Å². The minimum atomic E-state index is -0.141. The van der Waals surface area contributed by atoms with Gasteiger partial charge in [0.25, 0.3) is 0 Å². The second-order valence-electron chi connectivity index (χ2n) is 4.24. The van der Waals surface area contributed by atoms with Crippen molar-refractivity contribution in [3.8, 4) is 0 Å². The molecule has 0 aromatic carbocycles. The van der Waals surface area contributed by atoms with E-state index in [2.05, 4.69) is 22.0 Å². The van der Waals surface area contributed by atoms with Crippen LogP contribution < -0.4 is 0 Å². The van der Waals surface area contributed by atoms with E-state index in [-0.39, 0.29) is 17.5 Å². The highest BCUT2D eigenvalue weighted by Gasteiger charge is 2.25. The molecular weight excluding hydrogens is 206 g/mol. The highest BCUT2D eigenvalue weighted by Crippen LogP contribution is 2.25. The van der Waals surface area contributed by atoms with Crippen LogP contribution in [0.1, 0.15) is 49.1 Å². The zero-order valence-electron chi connectivity index (χ0n) is 9.77. The first-order valence-electron chi connectivity index (χ1n) is 5.77. The Balaban J connectivity index is 2.08. The molecule has 0 aliphatic carbocycles. The molecule has 0 amide bonds. The number of rotatable bonds is 3. The van der Waals surface area contributed by atoms with E-state index >= 15 is 0 Å². The van der Waals surface area contributed by atoms with E-state index in [1.54, 1.807) is 0 Å². The number of likely N-dealkylation sites (N-methyl/N-ethyl adjacent to an activating group) is 1. The number of carbonyl (C=O) groups excluding carboxylic acids is 1. The Morgan fingerprint density at radius 2 is 2.44 bits per heavy atom. The van der Waals surface area contributed by atoms with Gasteiger partial charge in [0.2, 0.25) is 17.5 Å². The van der Waals surface area contributed by atoms with Crippen LogP contribution in [0.25, 0.3) is 0 Å². The number of ketones is 1. The van der Waals surface area contributed by atoms with E-state index in [1.165, 1.54) is 6.92 Å². The monoisotopic (exact) mass is 223 g/mol. The molecule has 0 radical (unpaired) electrons. The molecule has 1 aliphatic heterocycles. The van der Waals surface area contributed by atoms with Gasteiger partial charge in [-0.25, -0.2) is 0 Å². The molecule has 1 aliphatic rings. The van der Waals surface area contributed by atoms with Gasteiger partial charge in [0.05, 0.1) is 5.92 Å². The Morgan fingerprint density at radius 3 is 3.06 bits per heavy atom. The fourth-order valence-electron chi connectivity index (χ4n) is 2.09. The van der Waals surface area contributed by atoms with Crippen molar-refractivity contribution in [3.05, 3.63) is 11.7 Å². The first-order chi connectivity index (χ1) is 7.70. The number of carbonyl (C=O) groups is 1. The molecule has 1 aromatic rings. The summed E-state index contributed by atoms with van der Waals surface area (Å²) in [7, 11) is 0. The number of nitrogens with zero attached hydrogens (tertiary/aromatic N) is 3. The van der Waals surface area contributed by atoms with E-state index in [1.807, 2.05) is 0 Å². The third kappa shape index (κ3) is 2.29. The van der Waals surface area contributed by atoms with Crippen LogP contribution in [0.5, 0.6) is 0 Å². The Hall–Kier alpha value is -1.23. The second-order valence-corrected chi connectivity index (χ2v) is 4.24. The van der Waals surface area contributed by atoms with Gasteiger partial charge in [-0.2, -0.15) is 4.98 Å². The number of aromatic nitrogens is 2. The largest absolute Gasteiger partial charge is 0.339 e. The third-order valence-corrected chi connectivity index (χ3v) is 3.06. The summed E-state index contributed by atoms with van der Waals surface area (Å²) in [6, 6.07) is 0. The number of hydrogen-bond donors (Lipinski definition) is 0. The summed E-state index contributed by atoms with van der Waals surface area (Å²) in [5.41, 5.74) is 0. The lowest BCUT2D eigenvalue weighted by Crippen LogP contribution is -2.34. The van der Waals surface area contributed by atoms with E-state index in [4.69, 9.17) is 4.52 Å². The van der Waals surface area contributed by atoms with Gasteiger partial charge in [-0.3, -0.25) is 4.79 Å². The van der Waals surface area contributed by atoms with Crippen LogP contribution in [0.3, 0.4) is 0 Å². The summed E-state index contributed by atoms with van der Waals surface area (Å²) in [5, 5.41) is 3.69. The number of hydrogen-bond acceptors (Lipinski definition) is 5. The molecule has 1 atom stereocenters. The van der Waals surface area contributed by atoms with Crippen LogP contribution in [0, 0.1) is 0 Å². The summed E-state index contributed by atoms with van der Waals surface area (Å²) < 4.78 is 5.15. The predicted molar refractivity (Wildman–Crippen MR) is 58.4 cm³/mol. The van der Waals surface area contributed by atoms with Crippen molar-refractivity contribution >= 4 is 5.78 Å². The Bertz CT molecular complexity index is 375. The van der Waals surface area contributed by atoms with Gasteiger partial charge in [0.1, 0.15) is 0 Å². The van der Waals surface area contributed by atoms with E-state index in [0.29, 0.717) is 5.89 Å². The smallest absolute Gasteiger partial charge is 0.238 e. The van der Waals surface area contributed by atoms with Crippen molar-refractivity contribution in [2.45, 2.75) is 32.6 Å². The molecule has 1 aromatic heterocycles. The highest BCUT2D eigenvalue weighted by molar-refractivity contribution is 5.89. The number of Topliss-reactive ketones (excluding diaryl/α,β-unsaturated/α-hetero) is 1. The van der Waals surface area contributed by atoms with Gasteiger partial charge in [-0.15, -0.1) is 0 Å². The molecule has 5 nitrogen and oxygen atoms in total. The average molecular weight is 223 g/mol. The highest BCUT2D eigenvalue weighted by atomic mass is 16.5. The lowest BCUT2D eigenvalue weighted by molar-refractivity contribution is 0.100. The van der Waals surface area contributed by atoms with Gasteiger partial charge >= 0.3 is 0 Å². The van der Waals surface area contributed by atoms with Crippen molar-refractivity contribution in [1.29, 1.82) is 0 Å². The SMILES string of the molecule is CCN1CCCC(c2nc(C(C)=O)no2)C1. The maximum atomic E-state index is 11.1. The van der Waals surface area contributed by atoms with Gasteiger partial charge in [0, 0.05) is 13.5 Å². The van der Waals surface area contributed by atoms with Crippen LogP contribution in [-0.2, 0) is 0 Å². The van der Waals surface area contributed by atoms with Crippen molar-refractivity contribution in [3.63, 3.8) is 0 Å². The summed E-state index contributed by atoms with van der Waals surface area (Å²) >= 11 is 0. The first-order valence-corrected chi connectivity index (χ1v) is 5.77. The summed E-state index contributed by atoms with van der Waals surface area (Å²) in [5.74, 6) is 0.958. The lowest BCUT2D eigenvalue weighted by Gasteiger charge is -2.29. The van der Waals surface area contributed by atoms with Gasteiger partial charge < -0.3 is 9.42 Å². The third-order valence-electron chi connectivity index (χ3n) is 3.06. The van der Waals surface area contributed by atoms with Crippen LogP contribution in [-0.4, -0.2) is 40.5 Å². The molecule has 1 saturated heterocycles. The maximum Gasteiger partial charge on any atom is 0.238 e. The fourth-order valence-corrected chi connectivity index (χ4v) is 2.09. The van der Waals surface area contributed by atoms with Crippen molar-refractivity contribution in [1.82, 2.24) is 15.0 Å². The normalized spacial score (nSPS) is 22.2. The van der Waals surface area contributed by atoms with Crippen molar-refractivity contribution in [2.75, 3.05) is 19.6 Å². The predicted octanol–water partition coefficient (Wildman–Crippen LogP) is 1.47. The molecule has 1 fully saturated rings. The first kappa shape index (κ1) is 11.3. The summed E-state index contributed by atoms with van der Waals surface area (Å²) in [6.07, 6.45) is 2.21. The average Bonchev–Trinajstić information content (AvgIpc) is 2.78. The zero-order chi connectivity index (χ0) is 11.5. The molecule has 0 N–H and O–H groups in total. The second kappa shape index (κ2) is 4.74. The van der Waals surface area contributed by atoms with Gasteiger partial charge in [0.15, 0.2) is 0 Å². The Morgan fingerprint density at radius 1 is 1.62 bits per heavy atom. The van der Waals surface area contributed by atoms with E-state index < -0.39 is 0 Å². The molecule has 2 heterocycles. The molecule has 0 saturated carbocycles. The summed E-state index contributed by atoms with van der Waals surface area (Å²) in [6.45, 7) is 6.74. The van der Waals surface area contributed by atoms with Crippen LogP contribution in [0.15, 0.2) is 4.52 Å². The standard InChI is InChI=1S/C11H17N3O2/c1-3-14-6-4-5-9(7-14)11-12-10(8(2)15)13-16-11/h9H,3-7H2,1-2H3. The fraction of sp³-hybridized carbons (Fsp3) is 0.727. The van der Waals surface area contributed by atoms with Crippen LogP contribution in [0.2, 0.25) is 0 Å². The molecule has 0 bridgehead atoms. The van der Waals surface area contributed by atoms with Crippen molar-refractivity contribution in [2.24, 2.45) is 0 Å². The minimum Gasteiger partial charge on any atom is -0.339 e. The lowest BCUT2D eigenvalue weighted by atomic mass is 9.98. The molecule has 1 unspecified atom stereocenters.